The van der Waals surface area contributed by atoms with Crippen LogP contribution < -0.4 is 5.32 Å². The van der Waals surface area contributed by atoms with Crippen molar-refractivity contribution in [1.29, 1.82) is 0 Å². The first kappa shape index (κ1) is 9.55. The van der Waals surface area contributed by atoms with Crippen molar-refractivity contribution < 1.29 is 4.74 Å². The van der Waals surface area contributed by atoms with Gasteiger partial charge in [-0.15, -0.1) is 0 Å². The standard InChI is InChI=1S/C10H15N3O/c1-7-5-12-8(2)13-10(7)9-6-14-4-3-11-9/h5,9,11H,3-4,6H2,1-2H3. The van der Waals surface area contributed by atoms with Crippen molar-refractivity contribution in [2.24, 2.45) is 0 Å². The van der Waals surface area contributed by atoms with Gasteiger partial charge in [0.25, 0.3) is 0 Å². The molecule has 0 aromatic carbocycles. The Kier molecular flexibility index (Phi) is 2.74. The number of nitrogens with zero attached hydrogens (tertiary/aromatic N) is 2. The van der Waals surface area contributed by atoms with Gasteiger partial charge >= 0.3 is 0 Å². The number of aryl methyl sites for hydroxylation is 2. The van der Waals surface area contributed by atoms with Crippen LogP contribution in [0.1, 0.15) is 23.1 Å². The third-order valence-corrected chi connectivity index (χ3v) is 2.38. The Morgan fingerprint density at radius 2 is 2.36 bits per heavy atom. The summed E-state index contributed by atoms with van der Waals surface area (Å²) in [6.45, 7) is 6.34. The van der Waals surface area contributed by atoms with E-state index in [1.54, 1.807) is 0 Å². The maximum absolute atomic E-state index is 5.41. The molecule has 4 heteroatoms. The number of hydrogen-bond acceptors (Lipinski definition) is 4. The Labute approximate surface area is 83.7 Å². The predicted molar refractivity (Wildman–Crippen MR) is 53.1 cm³/mol. The summed E-state index contributed by atoms with van der Waals surface area (Å²) in [6.07, 6.45) is 1.87. The van der Waals surface area contributed by atoms with Gasteiger partial charge in [-0.1, -0.05) is 0 Å². The highest BCUT2D eigenvalue weighted by Crippen LogP contribution is 2.16. The smallest absolute Gasteiger partial charge is 0.125 e. The zero-order valence-electron chi connectivity index (χ0n) is 8.58. The average Bonchev–Trinajstić information content (AvgIpc) is 2.23. The Hall–Kier alpha value is -1.00. The second-order valence-electron chi connectivity index (χ2n) is 3.57. The van der Waals surface area contributed by atoms with E-state index in [9.17, 15) is 0 Å². The lowest BCUT2D eigenvalue weighted by Gasteiger charge is -2.24. The zero-order valence-corrected chi connectivity index (χ0v) is 8.58. The Bertz CT molecular complexity index is 321. The predicted octanol–water partition coefficient (Wildman–Crippen LogP) is 0.754. The summed E-state index contributed by atoms with van der Waals surface area (Å²) in [4.78, 5) is 8.60. The Morgan fingerprint density at radius 3 is 3.07 bits per heavy atom. The van der Waals surface area contributed by atoms with Crippen LogP contribution in [0.5, 0.6) is 0 Å². The minimum Gasteiger partial charge on any atom is -0.378 e. The summed E-state index contributed by atoms with van der Waals surface area (Å²) < 4.78 is 5.41. The molecule has 1 unspecified atom stereocenters. The summed E-state index contributed by atoms with van der Waals surface area (Å²) in [5, 5.41) is 3.39. The van der Waals surface area contributed by atoms with E-state index >= 15 is 0 Å². The fraction of sp³-hybridized carbons (Fsp3) is 0.600. The summed E-state index contributed by atoms with van der Waals surface area (Å²) in [5.41, 5.74) is 2.19. The van der Waals surface area contributed by atoms with Gasteiger partial charge in [-0.25, -0.2) is 9.97 Å². The van der Waals surface area contributed by atoms with Crippen LogP contribution >= 0.6 is 0 Å². The fourth-order valence-electron chi connectivity index (χ4n) is 1.64. The first-order valence-corrected chi connectivity index (χ1v) is 4.88. The number of aromatic nitrogens is 2. The normalized spacial score (nSPS) is 22.3. The van der Waals surface area contributed by atoms with Crippen molar-refractivity contribution in [3.05, 3.63) is 23.3 Å². The number of hydrogen-bond donors (Lipinski definition) is 1. The third kappa shape index (κ3) is 1.91. The lowest BCUT2D eigenvalue weighted by atomic mass is 10.1. The van der Waals surface area contributed by atoms with Crippen LogP contribution in [-0.4, -0.2) is 29.7 Å². The van der Waals surface area contributed by atoms with Crippen LogP contribution in [0.3, 0.4) is 0 Å². The summed E-state index contributed by atoms with van der Waals surface area (Å²) in [5.74, 6) is 0.818. The Morgan fingerprint density at radius 1 is 1.50 bits per heavy atom. The molecule has 14 heavy (non-hydrogen) atoms. The average molecular weight is 193 g/mol. The highest BCUT2D eigenvalue weighted by Gasteiger charge is 2.18. The molecular formula is C10H15N3O. The maximum Gasteiger partial charge on any atom is 0.125 e. The molecule has 1 aromatic heterocycles. The molecule has 76 valence electrons. The maximum atomic E-state index is 5.41. The lowest BCUT2D eigenvalue weighted by Crippen LogP contribution is -2.35. The quantitative estimate of drug-likeness (QED) is 0.715. The van der Waals surface area contributed by atoms with Gasteiger partial charge in [0.05, 0.1) is 24.9 Å². The Balaban J connectivity index is 2.24. The lowest BCUT2D eigenvalue weighted by molar-refractivity contribution is 0.0753. The number of ether oxygens (including phenoxy) is 1. The van der Waals surface area contributed by atoms with Gasteiger partial charge in [-0.2, -0.15) is 0 Å². The molecule has 2 heterocycles. The highest BCUT2D eigenvalue weighted by molar-refractivity contribution is 5.19. The van der Waals surface area contributed by atoms with E-state index in [1.165, 1.54) is 0 Å². The molecule has 1 saturated heterocycles. The molecule has 0 spiro atoms. The highest BCUT2D eigenvalue weighted by atomic mass is 16.5. The monoisotopic (exact) mass is 193 g/mol. The second kappa shape index (κ2) is 4.02. The fourth-order valence-corrected chi connectivity index (χ4v) is 1.64. The van der Waals surface area contributed by atoms with E-state index in [0.717, 1.165) is 30.2 Å². The molecule has 1 aliphatic rings. The summed E-state index contributed by atoms with van der Waals surface area (Å²) in [6, 6.07) is 0.227. The van der Waals surface area contributed by atoms with Crippen LogP contribution in [0.4, 0.5) is 0 Å². The number of nitrogens with one attached hydrogen (secondary N) is 1. The van der Waals surface area contributed by atoms with Crippen molar-refractivity contribution in [2.75, 3.05) is 19.8 Å². The SMILES string of the molecule is Cc1ncc(C)c(C2COCCN2)n1. The van der Waals surface area contributed by atoms with E-state index in [2.05, 4.69) is 15.3 Å². The molecule has 1 atom stereocenters. The molecule has 0 bridgehead atoms. The van der Waals surface area contributed by atoms with Crippen molar-refractivity contribution in [1.82, 2.24) is 15.3 Å². The molecule has 0 saturated carbocycles. The molecule has 0 aliphatic carbocycles. The minimum atomic E-state index is 0.227. The van der Waals surface area contributed by atoms with E-state index in [0.29, 0.717) is 6.61 Å². The number of morpholine rings is 1. The van der Waals surface area contributed by atoms with Gasteiger partial charge in [0.2, 0.25) is 0 Å². The van der Waals surface area contributed by atoms with Crippen LogP contribution in [0.15, 0.2) is 6.20 Å². The van der Waals surface area contributed by atoms with Crippen molar-refractivity contribution in [3.63, 3.8) is 0 Å². The molecule has 0 amide bonds. The van der Waals surface area contributed by atoms with Crippen molar-refractivity contribution in [2.45, 2.75) is 19.9 Å². The third-order valence-electron chi connectivity index (χ3n) is 2.38. The molecule has 4 nitrogen and oxygen atoms in total. The van der Waals surface area contributed by atoms with Crippen LogP contribution in [0.25, 0.3) is 0 Å². The van der Waals surface area contributed by atoms with Crippen LogP contribution in [0, 0.1) is 13.8 Å². The van der Waals surface area contributed by atoms with Crippen LogP contribution in [-0.2, 0) is 4.74 Å². The largest absolute Gasteiger partial charge is 0.378 e. The van der Waals surface area contributed by atoms with Gasteiger partial charge < -0.3 is 10.1 Å². The van der Waals surface area contributed by atoms with Gasteiger partial charge in [0.15, 0.2) is 0 Å². The van der Waals surface area contributed by atoms with E-state index in [1.807, 2.05) is 20.0 Å². The van der Waals surface area contributed by atoms with Crippen molar-refractivity contribution >= 4 is 0 Å². The molecule has 1 N–H and O–H groups in total. The molecule has 1 aliphatic heterocycles. The molecule has 0 radical (unpaired) electrons. The zero-order chi connectivity index (χ0) is 9.97. The summed E-state index contributed by atoms with van der Waals surface area (Å²) >= 11 is 0. The van der Waals surface area contributed by atoms with Gasteiger partial charge in [-0.05, 0) is 19.4 Å². The van der Waals surface area contributed by atoms with Crippen LogP contribution in [0.2, 0.25) is 0 Å². The molecule has 2 rings (SSSR count). The molecule has 1 aromatic rings. The van der Waals surface area contributed by atoms with Gasteiger partial charge in [-0.3, -0.25) is 0 Å². The van der Waals surface area contributed by atoms with E-state index in [4.69, 9.17) is 4.74 Å². The van der Waals surface area contributed by atoms with Gasteiger partial charge in [0.1, 0.15) is 5.82 Å². The topological polar surface area (TPSA) is 47.0 Å². The van der Waals surface area contributed by atoms with E-state index in [-0.39, 0.29) is 6.04 Å². The molecular weight excluding hydrogens is 178 g/mol. The van der Waals surface area contributed by atoms with Crippen molar-refractivity contribution in [3.8, 4) is 0 Å². The van der Waals surface area contributed by atoms with E-state index < -0.39 is 0 Å². The minimum absolute atomic E-state index is 0.227. The first-order valence-electron chi connectivity index (χ1n) is 4.88. The van der Waals surface area contributed by atoms with Gasteiger partial charge in [0, 0.05) is 12.7 Å². The summed E-state index contributed by atoms with van der Waals surface area (Å²) in [7, 11) is 0. The molecule has 1 fully saturated rings. The number of rotatable bonds is 1. The second-order valence-corrected chi connectivity index (χ2v) is 3.57. The first-order chi connectivity index (χ1) is 6.77.